The molecular formula is C25H25F3N4O2. The van der Waals surface area contributed by atoms with Crippen molar-refractivity contribution in [3.63, 3.8) is 0 Å². The van der Waals surface area contributed by atoms with Gasteiger partial charge in [-0.05, 0) is 54.3 Å². The van der Waals surface area contributed by atoms with Gasteiger partial charge in [0.05, 0.1) is 23.4 Å². The molecule has 2 aliphatic rings. The van der Waals surface area contributed by atoms with E-state index in [2.05, 4.69) is 11.4 Å². The minimum Gasteiger partial charge on any atom is -0.369 e. The van der Waals surface area contributed by atoms with Gasteiger partial charge in [-0.1, -0.05) is 6.07 Å². The van der Waals surface area contributed by atoms with E-state index in [9.17, 15) is 18.8 Å². The summed E-state index contributed by atoms with van der Waals surface area (Å²) < 4.78 is 47.5. The van der Waals surface area contributed by atoms with Crippen LogP contribution in [0.1, 0.15) is 25.3 Å². The van der Waals surface area contributed by atoms with E-state index in [1.54, 1.807) is 6.07 Å². The van der Waals surface area contributed by atoms with Crippen molar-refractivity contribution in [2.45, 2.75) is 25.9 Å². The number of allylic oxidation sites excluding steroid dienone is 1. The summed E-state index contributed by atoms with van der Waals surface area (Å²) in [6.07, 6.45) is 0.893. The number of anilines is 2. The highest BCUT2D eigenvalue weighted by molar-refractivity contribution is 5.79. The Labute approximate surface area is 196 Å². The van der Waals surface area contributed by atoms with Gasteiger partial charge in [0.25, 0.3) is 0 Å². The van der Waals surface area contributed by atoms with Gasteiger partial charge < -0.3 is 19.9 Å². The quantitative estimate of drug-likeness (QED) is 0.670. The van der Waals surface area contributed by atoms with Crippen molar-refractivity contribution in [3.8, 4) is 6.07 Å². The molecule has 0 aliphatic carbocycles. The number of halogens is 3. The maximum atomic E-state index is 15.0. The summed E-state index contributed by atoms with van der Waals surface area (Å²) in [7, 11) is 0. The van der Waals surface area contributed by atoms with Gasteiger partial charge in [-0.3, -0.25) is 4.79 Å². The monoisotopic (exact) mass is 470 g/mol. The van der Waals surface area contributed by atoms with Crippen molar-refractivity contribution in [1.82, 2.24) is 5.32 Å². The third-order valence-corrected chi connectivity index (χ3v) is 6.15. The predicted molar refractivity (Wildman–Crippen MR) is 123 cm³/mol. The molecule has 2 aromatic carbocycles. The SMILES string of the molecule is CC(=O)NCC1CN(c2ccc(N3CCC(=C(C#N)c4ccc(F)c(F)c4)CC3)c(F)c2)CO1. The van der Waals surface area contributed by atoms with Crippen LogP contribution in [0.25, 0.3) is 5.57 Å². The first-order valence-electron chi connectivity index (χ1n) is 11.1. The van der Waals surface area contributed by atoms with Crippen LogP contribution in [-0.2, 0) is 9.53 Å². The van der Waals surface area contributed by atoms with Gasteiger partial charge in [-0.15, -0.1) is 0 Å². The topological polar surface area (TPSA) is 68.6 Å². The lowest BCUT2D eigenvalue weighted by atomic mass is 9.93. The number of ether oxygens (including phenoxy) is 1. The Morgan fingerprint density at radius 3 is 2.50 bits per heavy atom. The summed E-state index contributed by atoms with van der Waals surface area (Å²) >= 11 is 0. The summed E-state index contributed by atoms with van der Waals surface area (Å²) in [5.74, 6) is -2.42. The van der Waals surface area contributed by atoms with E-state index in [1.165, 1.54) is 19.1 Å². The maximum Gasteiger partial charge on any atom is 0.216 e. The molecule has 0 bridgehead atoms. The van der Waals surface area contributed by atoms with Crippen LogP contribution in [0.2, 0.25) is 0 Å². The van der Waals surface area contributed by atoms with E-state index in [4.69, 9.17) is 4.74 Å². The Balaban J connectivity index is 1.42. The molecule has 178 valence electrons. The van der Waals surface area contributed by atoms with E-state index in [-0.39, 0.29) is 17.8 Å². The summed E-state index contributed by atoms with van der Waals surface area (Å²) in [6, 6.07) is 10.6. The second kappa shape index (κ2) is 10.2. The van der Waals surface area contributed by atoms with Crippen LogP contribution in [-0.4, -0.2) is 44.9 Å². The standard InChI is InChI=1S/C25H25F3N4O2/c1-16(33)30-13-20-14-32(15-34-20)19-3-5-25(24(28)11-19)31-8-6-17(7-9-31)21(12-29)18-2-4-22(26)23(27)10-18/h2-5,10-11,20H,6-9,13-15H2,1H3,(H,30,33). The first kappa shape index (κ1) is 23.6. The zero-order valence-corrected chi connectivity index (χ0v) is 18.8. The van der Waals surface area contributed by atoms with Crippen LogP contribution in [0.4, 0.5) is 24.5 Å². The van der Waals surface area contributed by atoms with Crippen LogP contribution >= 0.6 is 0 Å². The molecule has 0 aromatic heterocycles. The molecular weight excluding hydrogens is 445 g/mol. The average Bonchev–Trinajstić information content (AvgIpc) is 3.30. The van der Waals surface area contributed by atoms with Crippen molar-refractivity contribution >= 4 is 22.9 Å². The minimum absolute atomic E-state index is 0.122. The Hall–Kier alpha value is -3.51. The summed E-state index contributed by atoms with van der Waals surface area (Å²) in [5, 5.41) is 12.3. The Bertz CT molecular complexity index is 1150. The molecule has 1 amide bonds. The van der Waals surface area contributed by atoms with Crippen LogP contribution < -0.4 is 15.1 Å². The molecule has 1 unspecified atom stereocenters. The van der Waals surface area contributed by atoms with Gasteiger partial charge in [-0.25, -0.2) is 13.2 Å². The van der Waals surface area contributed by atoms with E-state index in [1.807, 2.05) is 15.9 Å². The number of hydrogen-bond acceptors (Lipinski definition) is 5. The molecule has 0 saturated carbocycles. The lowest BCUT2D eigenvalue weighted by Crippen LogP contribution is -2.33. The number of benzene rings is 2. The van der Waals surface area contributed by atoms with E-state index >= 15 is 4.39 Å². The molecule has 1 atom stereocenters. The Kier molecular flexibility index (Phi) is 7.08. The van der Waals surface area contributed by atoms with Gasteiger partial charge in [0, 0.05) is 38.8 Å². The molecule has 2 aromatic rings. The highest BCUT2D eigenvalue weighted by atomic mass is 19.2. The lowest BCUT2D eigenvalue weighted by molar-refractivity contribution is -0.119. The smallest absolute Gasteiger partial charge is 0.216 e. The van der Waals surface area contributed by atoms with E-state index in [0.717, 1.165) is 17.7 Å². The van der Waals surface area contributed by atoms with Gasteiger partial charge in [0.1, 0.15) is 12.5 Å². The zero-order valence-electron chi connectivity index (χ0n) is 18.8. The third kappa shape index (κ3) is 5.18. The fourth-order valence-corrected chi connectivity index (χ4v) is 4.32. The summed E-state index contributed by atoms with van der Waals surface area (Å²) in [6.45, 7) is 3.74. The van der Waals surface area contributed by atoms with Gasteiger partial charge in [0.2, 0.25) is 5.91 Å². The minimum atomic E-state index is -0.990. The van der Waals surface area contributed by atoms with E-state index in [0.29, 0.717) is 68.3 Å². The highest BCUT2D eigenvalue weighted by Crippen LogP contribution is 2.32. The molecule has 2 fully saturated rings. The number of nitriles is 1. The summed E-state index contributed by atoms with van der Waals surface area (Å²) in [5.41, 5.74) is 2.72. The largest absolute Gasteiger partial charge is 0.369 e. The molecule has 6 nitrogen and oxygen atoms in total. The van der Waals surface area contributed by atoms with Crippen LogP contribution in [0.5, 0.6) is 0 Å². The predicted octanol–water partition coefficient (Wildman–Crippen LogP) is 3.98. The number of carbonyl (C=O) groups excluding carboxylic acids is 1. The molecule has 2 saturated heterocycles. The first-order chi connectivity index (χ1) is 16.4. The fraction of sp³-hybridized carbons (Fsp3) is 0.360. The maximum absolute atomic E-state index is 15.0. The van der Waals surface area contributed by atoms with Gasteiger partial charge in [-0.2, -0.15) is 5.26 Å². The lowest BCUT2D eigenvalue weighted by Gasteiger charge is -2.31. The normalized spacial score (nSPS) is 18.1. The number of rotatable bonds is 5. The molecule has 4 rings (SSSR count). The second-order valence-electron chi connectivity index (χ2n) is 8.42. The van der Waals surface area contributed by atoms with Crippen molar-refractivity contribution in [1.29, 1.82) is 5.26 Å². The molecule has 2 heterocycles. The zero-order chi connectivity index (χ0) is 24.2. The van der Waals surface area contributed by atoms with Crippen LogP contribution in [0, 0.1) is 28.8 Å². The molecule has 2 aliphatic heterocycles. The molecule has 34 heavy (non-hydrogen) atoms. The van der Waals surface area contributed by atoms with Crippen molar-refractivity contribution in [2.75, 3.05) is 42.7 Å². The van der Waals surface area contributed by atoms with Crippen molar-refractivity contribution in [2.24, 2.45) is 0 Å². The number of hydrogen-bond donors (Lipinski definition) is 1. The highest BCUT2D eigenvalue weighted by Gasteiger charge is 2.25. The Morgan fingerprint density at radius 1 is 1.09 bits per heavy atom. The average molecular weight is 470 g/mol. The number of piperidine rings is 1. The van der Waals surface area contributed by atoms with Crippen LogP contribution in [0.3, 0.4) is 0 Å². The summed E-state index contributed by atoms with van der Waals surface area (Å²) in [4.78, 5) is 14.9. The Morgan fingerprint density at radius 2 is 1.85 bits per heavy atom. The van der Waals surface area contributed by atoms with Crippen molar-refractivity contribution < 1.29 is 22.7 Å². The third-order valence-electron chi connectivity index (χ3n) is 6.15. The molecule has 0 radical (unpaired) electrons. The number of carbonyl (C=O) groups is 1. The fourth-order valence-electron chi connectivity index (χ4n) is 4.32. The van der Waals surface area contributed by atoms with Gasteiger partial charge >= 0.3 is 0 Å². The van der Waals surface area contributed by atoms with Gasteiger partial charge in [0.15, 0.2) is 11.6 Å². The molecule has 0 spiro atoms. The number of nitrogens with zero attached hydrogens (tertiary/aromatic N) is 3. The number of amides is 1. The second-order valence-corrected chi connectivity index (χ2v) is 8.42. The first-order valence-corrected chi connectivity index (χ1v) is 11.1. The van der Waals surface area contributed by atoms with Crippen LogP contribution in [0.15, 0.2) is 42.0 Å². The number of nitrogens with one attached hydrogen (secondary N) is 1. The molecule has 9 heteroatoms. The van der Waals surface area contributed by atoms with Crippen molar-refractivity contribution in [3.05, 3.63) is 65.0 Å². The molecule has 1 N–H and O–H groups in total. The van der Waals surface area contributed by atoms with E-state index < -0.39 is 11.6 Å².